The van der Waals surface area contributed by atoms with Crippen molar-refractivity contribution in [3.8, 4) is 6.07 Å². The Morgan fingerprint density at radius 1 is 1.05 bits per heavy atom. The second kappa shape index (κ2) is 6.58. The van der Waals surface area contributed by atoms with E-state index >= 15 is 0 Å². The van der Waals surface area contributed by atoms with Crippen LogP contribution in [0.5, 0.6) is 0 Å². The Morgan fingerprint density at radius 3 is 2.05 bits per heavy atom. The number of nitriles is 1. The summed E-state index contributed by atoms with van der Waals surface area (Å²) >= 11 is 0. The van der Waals surface area contributed by atoms with Crippen molar-refractivity contribution in [1.29, 1.82) is 5.26 Å². The quantitative estimate of drug-likeness (QED) is 0.728. The lowest BCUT2D eigenvalue weighted by molar-refractivity contribution is -0.141. The highest BCUT2D eigenvalue weighted by Gasteiger charge is 2.42. The third-order valence-corrected chi connectivity index (χ3v) is 4.91. The molecule has 112 valence electrons. The van der Waals surface area contributed by atoms with E-state index in [-0.39, 0.29) is 5.91 Å². The lowest BCUT2D eigenvalue weighted by atomic mass is 9.80. The van der Waals surface area contributed by atoms with Crippen LogP contribution in [0.4, 0.5) is 0 Å². The molecular weight excluding hydrogens is 250 g/mol. The first-order chi connectivity index (χ1) is 9.59. The zero-order valence-corrected chi connectivity index (χ0v) is 12.9. The molecule has 1 aliphatic carbocycles. The van der Waals surface area contributed by atoms with Crippen LogP contribution in [0, 0.1) is 16.7 Å². The molecule has 1 amide bonds. The SMILES string of the molecule is CC(C)N1CCN(C(=O)C2(C#N)CCCCCC2)CC1. The van der Waals surface area contributed by atoms with E-state index in [1.807, 2.05) is 4.90 Å². The molecule has 4 heteroatoms. The van der Waals surface area contributed by atoms with Gasteiger partial charge in [-0.25, -0.2) is 0 Å². The van der Waals surface area contributed by atoms with E-state index in [1.54, 1.807) is 0 Å². The summed E-state index contributed by atoms with van der Waals surface area (Å²) in [6.07, 6.45) is 5.88. The highest BCUT2D eigenvalue weighted by atomic mass is 16.2. The summed E-state index contributed by atoms with van der Waals surface area (Å²) in [7, 11) is 0. The fourth-order valence-electron chi connectivity index (χ4n) is 3.45. The zero-order valence-electron chi connectivity index (χ0n) is 12.9. The molecule has 4 nitrogen and oxygen atoms in total. The summed E-state index contributed by atoms with van der Waals surface area (Å²) in [5.74, 6) is 0.102. The van der Waals surface area contributed by atoms with Gasteiger partial charge in [-0.05, 0) is 26.7 Å². The van der Waals surface area contributed by atoms with Crippen LogP contribution in [0.3, 0.4) is 0 Å². The van der Waals surface area contributed by atoms with Crippen molar-refractivity contribution in [3.63, 3.8) is 0 Å². The number of carbonyl (C=O) groups excluding carboxylic acids is 1. The topological polar surface area (TPSA) is 47.3 Å². The Hall–Kier alpha value is -1.08. The van der Waals surface area contributed by atoms with Crippen molar-refractivity contribution in [2.24, 2.45) is 5.41 Å². The average molecular weight is 277 g/mol. The number of carbonyl (C=O) groups is 1. The molecule has 0 atom stereocenters. The molecule has 1 aliphatic heterocycles. The van der Waals surface area contributed by atoms with Crippen LogP contribution in [0.15, 0.2) is 0 Å². The van der Waals surface area contributed by atoms with Gasteiger partial charge in [0.15, 0.2) is 0 Å². The first-order valence-electron chi connectivity index (χ1n) is 8.04. The smallest absolute Gasteiger partial charge is 0.243 e. The molecule has 0 aromatic heterocycles. The Bertz CT molecular complexity index is 370. The predicted octanol–water partition coefficient (Wildman–Crippen LogP) is 2.40. The summed E-state index contributed by atoms with van der Waals surface area (Å²) in [6.45, 7) is 7.82. The molecule has 0 aromatic carbocycles. The minimum absolute atomic E-state index is 0.102. The first kappa shape index (κ1) is 15.3. The Balaban J connectivity index is 2.01. The molecule has 2 fully saturated rings. The summed E-state index contributed by atoms with van der Waals surface area (Å²) in [5.41, 5.74) is -0.726. The second-order valence-corrected chi connectivity index (χ2v) is 6.53. The molecule has 0 N–H and O–H groups in total. The lowest BCUT2D eigenvalue weighted by Gasteiger charge is -2.40. The number of hydrogen-bond donors (Lipinski definition) is 0. The standard InChI is InChI=1S/C16H27N3O/c1-14(2)18-9-11-19(12-10-18)15(20)16(13-17)7-5-3-4-6-8-16/h14H,3-12H2,1-2H3. The van der Waals surface area contributed by atoms with Crippen molar-refractivity contribution in [3.05, 3.63) is 0 Å². The molecule has 1 heterocycles. The minimum atomic E-state index is -0.726. The first-order valence-corrected chi connectivity index (χ1v) is 8.04. The van der Waals surface area contributed by atoms with Crippen molar-refractivity contribution in [2.45, 2.75) is 58.4 Å². The minimum Gasteiger partial charge on any atom is -0.339 e. The van der Waals surface area contributed by atoms with Crippen LogP contribution in [-0.2, 0) is 4.79 Å². The fourth-order valence-corrected chi connectivity index (χ4v) is 3.45. The molecule has 2 rings (SSSR count). The van der Waals surface area contributed by atoms with E-state index in [9.17, 15) is 10.1 Å². The number of rotatable bonds is 2. The van der Waals surface area contributed by atoms with Gasteiger partial charge in [0.25, 0.3) is 0 Å². The van der Waals surface area contributed by atoms with Gasteiger partial charge in [0, 0.05) is 32.2 Å². The van der Waals surface area contributed by atoms with E-state index in [2.05, 4.69) is 24.8 Å². The predicted molar refractivity (Wildman–Crippen MR) is 79.0 cm³/mol. The molecule has 1 saturated heterocycles. The summed E-state index contributed by atoms with van der Waals surface area (Å²) in [5, 5.41) is 9.60. The van der Waals surface area contributed by atoms with Crippen molar-refractivity contribution in [1.82, 2.24) is 9.80 Å². The molecule has 1 saturated carbocycles. The van der Waals surface area contributed by atoms with Gasteiger partial charge in [0.2, 0.25) is 5.91 Å². The number of amides is 1. The third kappa shape index (κ3) is 3.15. The molecule has 0 radical (unpaired) electrons. The number of nitrogens with zero attached hydrogens (tertiary/aromatic N) is 3. The maximum absolute atomic E-state index is 12.8. The molecule has 0 bridgehead atoms. The monoisotopic (exact) mass is 277 g/mol. The van der Waals surface area contributed by atoms with E-state index in [0.717, 1.165) is 64.7 Å². The maximum atomic E-state index is 12.8. The van der Waals surface area contributed by atoms with Crippen LogP contribution in [-0.4, -0.2) is 47.9 Å². The summed E-state index contributed by atoms with van der Waals surface area (Å²) < 4.78 is 0. The van der Waals surface area contributed by atoms with Crippen LogP contribution in [0.2, 0.25) is 0 Å². The highest BCUT2D eigenvalue weighted by molar-refractivity contribution is 5.85. The lowest BCUT2D eigenvalue weighted by Crippen LogP contribution is -2.54. The normalized spacial score (nSPS) is 24.2. The molecular formula is C16H27N3O. The maximum Gasteiger partial charge on any atom is 0.243 e. The number of hydrogen-bond acceptors (Lipinski definition) is 3. The van der Waals surface area contributed by atoms with E-state index < -0.39 is 5.41 Å². The fraction of sp³-hybridized carbons (Fsp3) is 0.875. The molecule has 0 unspecified atom stereocenters. The zero-order chi connectivity index (χ0) is 14.6. The van der Waals surface area contributed by atoms with Gasteiger partial charge in [0.05, 0.1) is 6.07 Å². The van der Waals surface area contributed by atoms with Crippen LogP contribution >= 0.6 is 0 Å². The highest BCUT2D eigenvalue weighted by Crippen LogP contribution is 2.36. The van der Waals surface area contributed by atoms with Crippen molar-refractivity contribution in [2.75, 3.05) is 26.2 Å². The van der Waals surface area contributed by atoms with Crippen LogP contribution in [0.1, 0.15) is 52.4 Å². The van der Waals surface area contributed by atoms with Crippen LogP contribution < -0.4 is 0 Å². The van der Waals surface area contributed by atoms with Gasteiger partial charge in [0.1, 0.15) is 5.41 Å². The Morgan fingerprint density at radius 2 is 1.60 bits per heavy atom. The van der Waals surface area contributed by atoms with Gasteiger partial charge in [-0.15, -0.1) is 0 Å². The molecule has 0 aromatic rings. The third-order valence-electron chi connectivity index (χ3n) is 4.91. The Kier molecular flexibility index (Phi) is 5.04. The summed E-state index contributed by atoms with van der Waals surface area (Å²) in [6, 6.07) is 2.92. The molecule has 20 heavy (non-hydrogen) atoms. The van der Waals surface area contributed by atoms with Crippen molar-refractivity contribution >= 4 is 5.91 Å². The van der Waals surface area contributed by atoms with Gasteiger partial charge in [-0.1, -0.05) is 25.7 Å². The van der Waals surface area contributed by atoms with Gasteiger partial charge < -0.3 is 4.90 Å². The van der Waals surface area contributed by atoms with E-state index in [4.69, 9.17) is 0 Å². The van der Waals surface area contributed by atoms with E-state index in [1.165, 1.54) is 0 Å². The van der Waals surface area contributed by atoms with Crippen LogP contribution in [0.25, 0.3) is 0 Å². The largest absolute Gasteiger partial charge is 0.339 e. The second-order valence-electron chi connectivity index (χ2n) is 6.53. The summed E-state index contributed by atoms with van der Waals surface area (Å²) in [4.78, 5) is 17.2. The van der Waals surface area contributed by atoms with E-state index in [0.29, 0.717) is 6.04 Å². The van der Waals surface area contributed by atoms with Gasteiger partial charge in [-0.2, -0.15) is 5.26 Å². The number of piperazine rings is 1. The molecule has 2 aliphatic rings. The Labute approximate surface area is 122 Å². The van der Waals surface area contributed by atoms with Gasteiger partial charge >= 0.3 is 0 Å². The molecule has 0 spiro atoms. The van der Waals surface area contributed by atoms with Crippen molar-refractivity contribution < 1.29 is 4.79 Å². The average Bonchev–Trinajstić information content (AvgIpc) is 2.73. The van der Waals surface area contributed by atoms with Gasteiger partial charge in [-0.3, -0.25) is 9.69 Å².